The minimum Gasteiger partial charge on any atom is -0.469 e. The Morgan fingerprint density at radius 2 is 1.96 bits per heavy atom. The van der Waals surface area contributed by atoms with Gasteiger partial charge >= 0.3 is 5.97 Å². The summed E-state index contributed by atoms with van der Waals surface area (Å²) < 4.78 is 10.4. The van der Waals surface area contributed by atoms with E-state index in [0.29, 0.717) is 18.9 Å². The summed E-state index contributed by atoms with van der Waals surface area (Å²) in [6.45, 7) is 10.9. The Morgan fingerprint density at radius 1 is 1.21 bits per heavy atom. The molecular weight excluding hydrogens is 308 g/mol. The Bertz CT molecular complexity index is 447. The number of morpholine rings is 1. The summed E-state index contributed by atoms with van der Waals surface area (Å²) in [4.78, 5) is 28.3. The summed E-state index contributed by atoms with van der Waals surface area (Å²) in [5.74, 6) is 0.529. The van der Waals surface area contributed by atoms with Crippen LogP contribution in [0.1, 0.15) is 40.0 Å². The van der Waals surface area contributed by atoms with Gasteiger partial charge in [-0.25, -0.2) is 0 Å². The zero-order valence-electron chi connectivity index (χ0n) is 15.5. The molecule has 2 rings (SSSR count). The molecule has 2 heterocycles. The lowest BCUT2D eigenvalue weighted by atomic mass is 9.91. The number of carbonyl (C=O) groups excluding carboxylic acids is 2. The molecule has 0 aliphatic carbocycles. The molecular formula is C18H32N2O4. The zero-order valence-corrected chi connectivity index (χ0v) is 15.5. The van der Waals surface area contributed by atoms with Crippen LogP contribution in [0.5, 0.6) is 0 Å². The predicted octanol–water partition coefficient (Wildman–Crippen LogP) is 1.53. The lowest BCUT2D eigenvalue weighted by molar-refractivity contribution is -0.146. The van der Waals surface area contributed by atoms with E-state index in [4.69, 9.17) is 9.47 Å². The third kappa shape index (κ3) is 5.45. The number of hydrogen-bond acceptors (Lipinski definition) is 5. The highest BCUT2D eigenvalue weighted by atomic mass is 16.5. The fraction of sp³-hybridized carbons (Fsp3) is 0.889. The van der Waals surface area contributed by atoms with E-state index >= 15 is 0 Å². The van der Waals surface area contributed by atoms with E-state index in [1.54, 1.807) is 0 Å². The van der Waals surface area contributed by atoms with Crippen molar-refractivity contribution in [2.45, 2.75) is 46.1 Å². The van der Waals surface area contributed by atoms with Gasteiger partial charge in [-0.3, -0.25) is 14.5 Å². The average Bonchev–Trinajstić information content (AvgIpc) is 2.53. The third-order valence-electron chi connectivity index (χ3n) is 4.81. The lowest BCUT2D eigenvalue weighted by Gasteiger charge is -2.40. The van der Waals surface area contributed by atoms with E-state index in [-0.39, 0.29) is 23.4 Å². The van der Waals surface area contributed by atoms with E-state index in [2.05, 4.69) is 4.90 Å². The van der Waals surface area contributed by atoms with Gasteiger partial charge < -0.3 is 14.4 Å². The number of methoxy groups -OCH3 is 1. The first-order chi connectivity index (χ1) is 11.3. The van der Waals surface area contributed by atoms with Crippen LogP contribution in [-0.2, 0) is 19.1 Å². The Kier molecular flexibility index (Phi) is 6.63. The van der Waals surface area contributed by atoms with Crippen LogP contribution in [0, 0.1) is 11.3 Å². The molecule has 0 bridgehead atoms. The second kappa shape index (κ2) is 8.30. The number of ether oxygens (including phenoxy) is 2. The molecule has 6 nitrogen and oxygen atoms in total. The van der Waals surface area contributed by atoms with Gasteiger partial charge in [-0.05, 0) is 18.8 Å². The maximum absolute atomic E-state index is 12.5. The second-order valence-corrected chi connectivity index (χ2v) is 8.04. The topological polar surface area (TPSA) is 59.1 Å². The summed E-state index contributed by atoms with van der Waals surface area (Å²) in [5.41, 5.74) is -0.313. The number of piperidine rings is 1. The fourth-order valence-electron chi connectivity index (χ4n) is 3.58. The van der Waals surface area contributed by atoms with Crippen molar-refractivity contribution in [3.8, 4) is 0 Å². The van der Waals surface area contributed by atoms with E-state index in [0.717, 1.165) is 45.6 Å². The molecule has 1 amide bonds. The lowest BCUT2D eigenvalue weighted by Crippen LogP contribution is -2.50. The minimum absolute atomic E-state index is 0.0814. The molecule has 0 N–H and O–H groups in total. The Morgan fingerprint density at radius 3 is 2.62 bits per heavy atom. The number of rotatable bonds is 4. The van der Waals surface area contributed by atoms with Crippen molar-refractivity contribution in [1.29, 1.82) is 0 Å². The number of likely N-dealkylation sites (tertiary alicyclic amines) is 1. The van der Waals surface area contributed by atoms with Gasteiger partial charge in [-0.1, -0.05) is 20.8 Å². The summed E-state index contributed by atoms with van der Waals surface area (Å²) in [6.07, 6.45) is 2.46. The number of nitrogens with zero attached hydrogens (tertiary/aromatic N) is 2. The van der Waals surface area contributed by atoms with E-state index in [1.807, 2.05) is 25.7 Å². The van der Waals surface area contributed by atoms with Crippen molar-refractivity contribution in [2.75, 3.05) is 46.4 Å². The standard InChI is InChI=1S/C18H32N2O4/c1-18(2,3)17(22)20-7-5-6-14(12-20)11-19-8-9-24-15(13-19)10-16(21)23-4/h14-15H,5-13H2,1-4H3/t14-,15+/m1/s1. The average molecular weight is 340 g/mol. The Labute approximate surface area is 145 Å². The van der Waals surface area contributed by atoms with Gasteiger partial charge in [0.25, 0.3) is 0 Å². The van der Waals surface area contributed by atoms with Crippen molar-refractivity contribution in [3.05, 3.63) is 0 Å². The first-order valence-electron chi connectivity index (χ1n) is 8.99. The van der Waals surface area contributed by atoms with Crippen LogP contribution in [0.3, 0.4) is 0 Å². The number of carbonyl (C=O) groups is 2. The monoisotopic (exact) mass is 340 g/mol. The molecule has 0 aromatic carbocycles. The van der Waals surface area contributed by atoms with Crippen molar-refractivity contribution in [2.24, 2.45) is 11.3 Å². The molecule has 0 aromatic heterocycles. The van der Waals surface area contributed by atoms with E-state index in [9.17, 15) is 9.59 Å². The highest BCUT2D eigenvalue weighted by Crippen LogP contribution is 2.24. The molecule has 2 atom stereocenters. The van der Waals surface area contributed by atoms with Crippen LogP contribution >= 0.6 is 0 Å². The second-order valence-electron chi connectivity index (χ2n) is 8.04. The van der Waals surface area contributed by atoms with Gasteiger partial charge in [0, 0.05) is 38.1 Å². The number of esters is 1. The van der Waals surface area contributed by atoms with Crippen molar-refractivity contribution < 1.29 is 19.1 Å². The number of hydrogen-bond donors (Lipinski definition) is 0. The van der Waals surface area contributed by atoms with E-state index in [1.165, 1.54) is 7.11 Å². The van der Waals surface area contributed by atoms with Crippen LogP contribution in [0.15, 0.2) is 0 Å². The van der Waals surface area contributed by atoms with Crippen LogP contribution in [0.25, 0.3) is 0 Å². The van der Waals surface area contributed by atoms with Gasteiger partial charge in [0.15, 0.2) is 0 Å². The zero-order chi connectivity index (χ0) is 17.7. The summed E-state index contributed by atoms with van der Waals surface area (Å²) in [5, 5.41) is 0. The third-order valence-corrected chi connectivity index (χ3v) is 4.81. The van der Waals surface area contributed by atoms with Gasteiger partial charge in [0.2, 0.25) is 5.91 Å². The molecule has 0 unspecified atom stereocenters. The summed E-state index contributed by atoms with van der Waals surface area (Å²) in [7, 11) is 1.41. The van der Waals surface area contributed by atoms with Gasteiger partial charge in [-0.15, -0.1) is 0 Å². The maximum Gasteiger partial charge on any atom is 0.308 e. The van der Waals surface area contributed by atoms with Crippen LogP contribution < -0.4 is 0 Å². The van der Waals surface area contributed by atoms with Crippen LogP contribution in [-0.4, -0.2) is 74.2 Å². The first-order valence-corrected chi connectivity index (χ1v) is 8.99. The molecule has 0 aromatic rings. The molecule has 0 saturated carbocycles. The molecule has 6 heteroatoms. The molecule has 2 saturated heterocycles. The molecule has 2 aliphatic rings. The molecule has 2 aliphatic heterocycles. The highest BCUT2D eigenvalue weighted by molar-refractivity contribution is 5.81. The summed E-state index contributed by atoms with van der Waals surface area (Å²) in [6, 6.07) is 0. The maximum atomic E-state index is 12.5. The predicted molar refractivity (Wildman–Crippen MR) is 91.6 cm³/mol. The van der Waals surface area contributed by atoms with Crippen molar-refractivity contribution in [3.63, 3.8) is 0 Å². The molecule has 138 valence electrons. The summed E-state index contributed by atoms with van der Waals surface area (Å²) >= 11 is 0. The fourth-order valence-corrected chi connectivity index (χ4v) is 3.58. The van der Waals surface area contributed by atoms with Gasteiger partial charge in [-0.2, -0.15) is 0 Å². The molecule has 2 fully saturated rings. The van der Waals surface area contributed by atoms with Crippen molar-refractivity contribution in [1.82, 2.24) is 9.80 Å². The largest absolute Gasteiger partial charge is 0.469 e. The SMILES string of the molecule is COC(=O)C[C@H]1CN(C[C@H]2CCCN(C(=O)C(C)(C)C)C2)CCO1. The Balaban J connectivity index is 1.84. The van der Waals surface area contributed by atoms with E-state index < -0.39 is 0 Å². The number of amides is 1. The molecule has 24 heavy (non-hydrogen) atoms. The quantitative estimate of drug-likeness (QED) is 0.727. The first kappa shape index (κ1) is 19.2. The van der Waals surface area contributed by atoms with Crippen molar-refractivity contribution >= 4 is 11.9 Å². The van der Waals surface area contributed by atoms with Crippen LogP contribution in [0.2, 0.25) is 0 Å². The van der Waals surface area contributed by atoms with Gasteiger partial charge in [0.1, 0.15) is 0 Å². The highest BCUT2D eigenvalue weighted by Gasteiger charge is 2.32. The molecule has 0 radical (unpaired) electrons. The minimum atomic E-state index is -0.313. The van der Waals surface area contributed by atoms with Crippen LogP contribution in [0.4, 0.5) is 0 Å². The van der Waals surface area contributed by atoms with Gasteiger partial charge in [0.05, 0.1) is 26.2 Å². The normalized spacial score (nSPS) is 26.2. The Hall–Kier alpha value is -1.14. The smallest absolute Gasteiger partial charge is 0.308 e. The molecule has 0 spiro atoms.